The first-order chi connectivity index (χ1) is 8.83. The van der Waals surface area contributed by atoms with E-state index in [2.05, 4.69) is 19.9 Å². The van der Waals surface area contributed by atoms with E-state index in [1.54, 1.807) is 0 Å². The lowest BCUT2D eigenvalue weighted by molar-refractivity contribution is -0.301. The van der Waals surface area contributed by atoms with Crippen LogP contribution in [0.4, 0.5) is 0 Å². The molecule has 0 aromatic carbocycles. The van der Waals surface area contributed by atoms with Crippen LogP contribution in [0.3, 0.4) is 0 Å². The molecule has 4 rings (SSSR count). The Hall–Kier alpha value is -0.420. The molecule has 2 N–H and O–H groups in total. The molecule has 0 unspecified atom stereocenters. The molecule has 2 aliphatic heterocycles. The number of hydrogen-bond acceptors (Lipinski definition) is 4. The summed E-state index contributed by atoms with van der Waals surface area (Å²) < 4.78 is 11.8. The summed E-state index contributed by atoms with van der Waals surface area (Å²) in [6.45, 7) is 5.04. The van der Waals surface area contributed by atoms with Gasteiger partial charge in [-0.05, 0) is 19.8 Å². The van der Waals surface area contributed by atoms with Crippen LogP contribution in [0.5, 0.6) is 0 Å². The van der Waals surface area contributed by atoms with Crippen LogP contribution in [0.1, 0.15) is 39.5 Å². The van der Waals surface area contributed by atoms with Crippen molar-refractivity contribution in [2.75, 3.05) is 13.2 Å². The lowest BCUT2D eigenvalue weighted by Crippen LogP contribution is -2.67. The van der Waals surface area contributed by atoms with Gasteiger partial charge in [-0.3, -0.25) is 0 Å². The Bertz CT molecular complexity index is 475. The molecule has 5 atom stereocenters. The summed E-state index contributed by atoms with van der Waals surface area (Å²) >= 11 is 0. The first-order valence-corrected chi connectivity index (χ1v) is 7.20. The highest BCUT2D eigenvalue weighted by atomic mass is 16.6. The molecule has 4 nitrogen and oxygen atoms in total. The molecule has 4 heteroatoms. The Balaban J connectivity index is 1.88. The summed E-state index contributed by atoms with van der Waals surface area (Å²) in [5.74, 6) is -1.16. The summed E-state index contributed by atoms with van der Waals surface area (Å²) in [6.07, 6.45) is 4.98. The van der Waals surface area contributed by atoms with Crippen molar-refractivity contribution in [3.63, 3.8) is 0 Å². The zero-order valence-corrected chi connectivity index (χ0v) is 11.6. The van der Waals surface area contributed by atoms with E-state index in [0.717, 1.165) is 12.8 Å². The van der Waals surface area contributed by atoms with Crippen LogP contribution in [0.2, 0.25) is 0 Å². The molecule has 2 heterocycles. The third-order valence-corrected chi connectivity index (χ3v) is 6.37. The van der Waals surface area contributed by atoms with Crippen LogP contribution in [0.25, 0.3) is 0 Å². The van der Waals surface area contributed by atoms with Gasteiger partial charge < -0.3 is 19.7 Å². The van der Waals surface area contributed by atoms with Gasteiger partial charge in [0.25, 0.3) is 0 Å². The topological polar surface area (TPSA) is 58.9 Å². The molecule has 1 saturated carbocycles. The summed E-state index contributed by atoms with van der Waals surface area (Å²) in [5.41, 5.74) is -0.132. The van der Waals surface area contributed by atoms with E-state index in [4.69, 9.17) is 9.47 Å². The van der Waals surface area contributed by atoms with Crippen LogP contribution in [0, 0.1) is 10.8 Å². The van der Waals surface area contributed by atoms with Gasteiger partial charge in [-0.25, -0.2) is 0 Å². The molecule has 3 fully saturated rings. The maximum absolute atomic E-state index is 11.0. The molecule has 2 aliphatic carbocycles. The van der Waals surface area contributed by atoms with Crippen LogP contribution in [-0.2, 0) is 9.47 Å². The van der Waals surface area contributed by atoms with Crippen LogP contribution < -0.4 is 0 Å². The minimum absolute atomic E-state index is 0.00850. The number of ether oxygens (including phenoxy) is 2. The fourth-order valence-electron chi connectivity index (χ4n) is 5.05. The third kappa shape index (κ3) is 1.24. The van der Waals surface area contributed by atoms with E-state index in [1.165, 1.54) is 5.57 Å². The van der Waals surface area contributed by atoms with Gasteiger partial charge in [0, 0.05) is 23.7 Å². The second kappa shape index (κ2) is 3.25. The molecule has 1 spiro atoms. The lowest BCUT2D eigenvalue weighted by atomic mass is 9.50. The zero-order valence-electron chi connectivity index (χ0n) is 11.6. The molecule has 0 aromatic heterocycles. The smallest absolute Gasteiger partial charge is 0.168 e. The maximum Gasteiger partial charge on any atom is 0.168 e. The second-order valence-electron chi connectivity index (χ2n) is 7.35. The predicted octanol–water partition coefficient (Wildman–Crippen LogP) is 1.36. The van der Waals surface area contributed by atoms with Crippen molar-refractivity contribution in [2.24, 2.45) is 10.8 Å². The standard InChI is InChI=1S/C15H22O4/c1-10-3-4-13-8-19-15(17)6-12(13,2)14(16,7-15)9-18-11(13)5-10/h5,11,16-17H,3-4,6-9H2,1-2H3/t11-,12+,13+,14+,15-/m1/s1. The van der Waals surface area contributed by atoms with Gasteiger partial charge in [-0.15, -0.1) is 0 Å². The first kappa shape index (κ1) is 12.3. The summed E-state index contributed by atoms with van der Waals surface area (Å²) in [7, 11) is 0. The summed E-state index contributed by atoms with van der Waals surface area (Å²) in [4.78, 5) is 0. The van der Waals surface area contributed by atoms with Crippen LogP contribution in [-0.4, -0.2) is 40.9 Å². The number of hydrogen-bond donors (Lipinski definition) is 2. The lowest BCUT2D eigenvalue weighted by Gasteiger charge is -2.61. The molecule has 0 amide bonds. The minimum Gasteiger partial charge on any atom is -0.387 e. The first-order valence-electron chi connectivity index (χ1n) is 7.20. The van der Waals surface area contributed by atoms with Gasteiger partial charge in [-0.2, -0.15) is 0 Å². The van der Waals surface area contributed by atoms with Crippen molar-refractivity contribution < 1.29 is 19.7 Å². The molecule has 106 valence electrons. The van der Waals surface area contributed by atoms with Gasteiger partial charge in [0.05, 0.1) is 24.9 Å². The largest absolute Gasteiger partial charge is 0.387 e. The molecule has 2 bridgehead atoms. The molecule has 4 aliphatic rings. The monoisotopic (exact) mass is 266 g/mol. The Kier molecular flexibility index (Phi) is 2.11. The number of fused-ring (bicyclic) bond motifs is 1. The molecule has 0 aromatic rings. The SMILES string of the molecule is CC1=C[C@H]2OC[C@@]3(O)C[C@@]4(O)C[C@@]3(C)[C@@]2(CC1)CO4. The van der Waals surface area contributed by atoms with E-state index in [1.807, 2.05) is 0 Å². The average molecular weight is 266 g/mol. The van der Waals surface area contributed by atoms with E-state index in [0.29, 0.717) is 19.6 Å². The Labute approximate surface area is 113 Å². The van der Waals surface area contributed by atoms with E-state index in [9.17, 15) is 10.2 Å². The predicted molar refractivity (Wildman–Crippen MR) is 68.4 cm³/mol. The van der Waals surface area contributed by atoms with Crippen molar-refractivity contribution >= 4 is 0 Å². The highest BCUT2D eigenvalue weighted by Crippen LogP contribution is 2.69. The Morgan fingerprint density at radius 2 is 2.05 bits per heavy atom. The Morgan fingerprint density at radius 3 is 2.84 bits per heavy atom. The van der Waals surface area contributed by atoms with Gasteiger partial charge in [-0.1, -0.05) is 18.6 Å². The number of rotatable bonds is 0. The number of allylic oxidation sites excluding steroid dienone is 1. The zero-order chi connectivity index (χ0) is 13.5. The minimum atomic E-state index is -1.16. The van der Waals surface area contributed by atoms with E-state index in [-0.39, 0.29) is 23.4 Å². The van der Waals surface area contributed by atoms with Crippen LogP contribution in [0.15, 0.2) is 11.6 Å². The van der Waals surface area contributed by atoms with Crippen molar-refractivity contribution in [2.45, 2.75) is 57.0 Å². The molecule has 2 saturated heterocycles. The van der Waals surface area contributed by atoms with Gasteiger partial charge in [0.2, 0.25) is 0 Å². The molecular formula is C15H22O4. The van der Waals surface area contributed by atoms with Crippen molar-refractivity contribution in [1.29, 1.82) is 0 Å². The van der Waals surface area contributed by atoms with E-state index < -0.39 is 11.4 Å². The third-order valence-electron chi connectivity index (χ3n) is 6.37. The van der Waals surface area contributed by atoms with Gasteiger partial charge in [0.1, 0.15) is 0 Å². The summed E-state index contributed by atoms with van der Waals surface area (Å²) in [6, 6.07) is 0. The molecule has 19 heavy (non-hydrogen) atoms. The fourth-order valence-corrected chi connectivity index (χ4v) is 5.05. The highest BCUT2D eigenvalue weighted by molar-refractivity contribution is 5.27. The summed E-state index contributed by atoms with van der Waals surface area (Å²) in [5, 5.41) is 21.5. The average Bonchev–Trinajstić information content (AvgIpc) is 2.54. The second-order valence-corrected chi connectivity index (χ2v) is 7.35. The quantitative estimate of drug-likeness (QED) is 0.650. The van der Waals surface area contributed by atoms with Gasteiger partial charge in [0.15, 0.2) is 5.79 Å². The maximum atomic E-state index is 11.0. The normalized spacial score (nSPS) is 59.6. The van der Waals surface area contributed by atoms with E-state index >= 15 is 0 Å². The van der Waals surface area contributed by atoms with Crippen molar-refractivity contribution in [3.05, 3.63) is 11.6 Å². The van der Waals surface area contributed by atoms with Gasteiger partial charge >= 0.3 is 0 Å². The van der Waals surface area contributed by atoms with Crippen molar-refractivity contribution in [1.82, 2.24) is 0 Å². The number of aliphatic hydroxyl groups is 2. The molecule has 0 radical (unpaired) electrons. The fraction of sp³-hybridized carbons (Fsp3) is 0.867. The van der Waals surface area contributed by atoms with Crippen molar-refractivity contribution in [3.8, 4) is 0 Å². The highest BCUT2D eigenvalue weighted by Gasteiger charge is 2.75. The van der Waals surface area contributed by atoms with Crippen LogP contribution >= 0.6 is 0 Å². The molecular weight excluding hydrogens is 244 g/mol. The Morgan fingerprint density at radius 1 is 1.26 bits per heavy atom.